The van der Waals surface area contributed by atoms with Gasteiger partial charge in [-0.25, -0.2) is 0 Å². The Morgan fingerprint density at radius 1 is 1.23 bits per heavy atom. The molecule has 3 N–H and O–H groups in total. The second-order valence-corrected chi connectivity index (χ2v) is 4.77. The number of guanidine groups is 1. The van der Waals surface area contributed by atoms with Crippen LogP contribution in [-0.4, -0.2) is 36.9 Å². The third-order valence-electron chi connectivity index (χ3n) is 2.90. The Balaban J connectivity index is 2.41. The van der Waals surface area contributed by atoms with Crippen LogP contribution in [0.25, 0.3) is 0 Å². The number of aliphatic hydroxyl groups excluding tert-OH is 1. The van der Waals surface area contributed by atoms with E-state index in [1.165, 1.54) is 0 Å². The van der Waals surface area contributed by atoms with Gasteiger partial charge in [-0.2, -0.15) is 13.2 Å². The molecule has 0 radical (unpaired) electrons. The van der Waals surface area contributed by atoms with Crippen LogP contribution in [0, 0.1) is 0 Å². The van der Waals surface area contributed by atoms with Gasteiger partial charge in [-0.3, -0.25) is 4.99 Å². The van der Waals surface area contributed by atoms with E-state index in [4.69, 9.17) is 0 Å². The molecule has 0 aliphatic carbocycles. The van der Waals surface area contributed by atoms with Gasteiger partial charge in [0, 0.05) is 19.6 Å². The Kier molecular flexibility index (Phi) is 7.73. The number of nitrogens with one attached hydrogen (secondary N) is 2. The minimum atomic E-state index is -4.19. The van der Waals surface area contributed by atoms with E-state index in [1.54, 1.807) is 0 Å². The quantitative estimate of drug-likeness (QED) is 0.535. The van der Waals surface area contributed by atoms with Crippen molar-refractivity contribution in [2.45, 2.75) is 32.0 Å². The highest BCUT2D eigenvalue weighted by atomic mass is 19.4. The summed E-state index contributed by atoms with van der Waals surface area (Å²) in [6.07, 6.45) is -5.33. The summed E-state index contributed by atoms with van der Waals surface area (Å²) in [5.41, 5.74) is 0.799. The summed E-state index contributed by atoms with van der Waals surface area (Å²) >= 11 is 0. The second-order valence-electron chi connectivity index (χ2n) is 4.77. The number of aliphatic imine (C=N–C) groups is 1. The molecule has 0 aliphatic heterocycles. The average Bonchev–Trinajstić information content (AvgIpc) is 2.46. The molecule has 0 bridgehead atoms. The first-order chi connectivity index (χ1) is 10.4. The maximum atomic E-state index is 12.1. The minimum absolute atomic E-state index is 0.226. The molecule has 0 fully saturated rings. The first-order valence-corrected chi connectivity index (χ1v) is 7.24. The van der Waals surface area contributed by atoms with Crippen LogP contribution in [0.1, 0.15) is 31.4 Å². The van der Waals surface area contributed by atoms with E-state index in [9.17, 15) is 18.3 Å². The molecule has 4 nitrogen and oxygen atoms in total. The summed E-state index contributed by atoms with van der Waals surface area (Å²) in [6, 6.07) is 9.18. The second kappa shape index (κ2) is 9.30. The Morgan fingerprint density at radius 3 is 2.50 bits per heavy atom. The number of hydrogen-bond donors (Lipinski definition) is 3. The van der Waals surface area contributed by atoms with E-state index in [2.05, 4.69) is 15.6 Å². The number of alkyl halides is 3. The van der Waals surface area contributed by atoms with E-state index in [0.29, 0.717) is 25.5 Å². The van der Waals surface area contributed by atoms with Gasteiger partial charge in [0.05, 0.1) is 12.5 Å². The summed E-state index contributed by atoms with van der Waals surface area (Å²) in [7, 11) is 0. The smallest absolute Gasteiger partial charge is 0.388 e. The summed E-state index contributed by atoms with van der Waals surface area (Å²) in [4.78, 5) is 4.17. The molecular weight excluding hydrogens is 295 g/mol. The fourth-order valence-corrected chi connectivity index (χ4v) is 1.80. The van der Waals surface area contributed by atoms with Crippen molar-refractivity contribution >= 4 is 5.96 Å². The van der Waals surface area contributed by atoms with E-state index in [1.807, 2.05) is 37.3 Å². The number of hydrogen-bond acceptors (Lipinski definition) is 2. The Hall–Kier alpha value is -1.76. The standard InChI is InChI=1S/C15H22F3N3O/c1-2-19-14(21-11-9-15(16,17)18)20-10-8-13(22)12-6-4-3-5-7-12/h3-7,13,22H,2,8-11H2,1H3,(H2,19,20,21). The lowest BCUT2D eigenvalue weighted by Crippen LogP contribution is -2.39. The van der Waals surface area contributed by atoms with Crippen LogP contribution in [0.4, 0.5) is 13.2 Å². The van der Waals surface area contributed by atoms with Crippen LogP contribution in [0.5, 0.6) is 0 Å². The molecule has 1 unspecified atom stereocenters. The van der Waals surface area contributed by atoms with Gasteiger partial charge in [0.15, 0.2) is 5.96 Å². The van der Waals surface area contributed by atoms with Crippen LogP contribution in [0.3, 0.4) is 0 Å². The van der Waals surface area contributed by atoms with Gasteiger partial charge in [0.2, 0.25) is 0 Å². The molecule has 0 aromatic heterocycles. The highest BCUT2D eigenvalue weighted by Gasteiger charge is 2.26. The van der Waals surface area contributed by atoms with Crippen LogP contribution < -0.4 is 10.6 Å². The summed E-state index contributed by atoms with van der Waals surface area (Å²) in [6.45, 7) is 2.48. The topological polar surface area (TPSA) is 56.7 Å². The molecule has 0 heterocycles. The first-order valence-electron chi connectivity index (χ1n) is 7.24. The number of rotatable bonds is 7. The predicted molar refractivity (Wildman–Crippen MR) is 80.7 cm³/mol. The molecule has 1 atom stereocenters. The highest BCUT2D eigenvalue weighted by Crippen LogP contribution is 2.18. The van der Waals surface area contributed by atoms with E-state index < -0.39 is 18.7 Å². The van der Waals surface area contributed by atoms with Gasteiger partial charge in [0.1, 0.15) is 0 Å². The van der Waals surface area contributed by atoms with Crippen molar-refractivity contribution in [3.05, 3.63) is 35.9 Å². The molecule has 0 saturated carbocycles. The van der Waals surface area contributed by atoms with Gasteiger partial charge in [-0.05, 0) is 18.9 Å². The molecule has 1 aromatic carbocycles. The van der Waals surface area contributed by atoms with Gasteiger partial charge in [-0.15, -0.1) is 0 Å². The van der Waals surface area contributed by atoms with E-state index >= 15 is 0 Å². The van der Waals surface area contributed by atoms with Crippen molar-refractivity contribution in [3.63, 3.8) is 0 Å². The van der Waals surface area contributed by atoms with Crippen molar-refractivity contribution < 1.29 is 18.3 Å². The molecule has 0 amide bonds. The maximum absolute atomic E-state index is 12.1. The third kappa shape index (κ3) is 7.87. The monoisotopic (exact) mass is 317 g/mol. The average molecular weight is 317 g/mol. The Bertz CT molecular complexity index is 449. The summed E-state index contributed by atoms with van der Waals surface area (Å²) < 4.78 is 36.3. The molecule has 7 heteroatoms. The number of benzene rings is 1. The molecule has 22 heavy (non-hydrogen) atoms. The normalized spacial score (nSPS) is 13.8. The molecule has 0 spiro atoms. The van der Waals surface area contributed by atoms with Crippen molar-refractivity contribution in [1.29, 1.82) is 0 Å². The van der Waals surface area contributed by atoms with Crippen molar-refractivity contribution in [2.75, 3.05) is 19.6 Å². The van der Waals surface area contributed by atoms with E-state index in [-0.39, 0.29) is 6.54 Å². The van der Waals surface area contributed by atoms with Gasteiger partial charge in [0.25, 0.3) is 0 Å². The molecule has 1 rings (SSSR count). The fourth-order valence-electron chi connectivity index (χ4n) is 1.80. The molecule has 0 aliphatic rings. The van der Waals surface area contributed by atoms with Crippen molar-refractivity contribution in [3.8, 4) is 0 Å². The number of nitrogens with zero attached hydrogens (tertiary/aromatic N) is 1. The van der Waals surface area contributed by atoms with Crippen LogP contribution in [0.2, 0.25) is 0 Å². The van der Waals surface area contributed by atoms with Gasteiger partial charge in [-0.1, -0.05) is 30.3 Å². The first kappa shape index (κ1) is 18.3. The zero-order valence-corrected chi connectivity index (χ0v) is 12.5. The van der Waals surface area contributed by atoms with Crippen LogP contribution >= 0.6 is 0 Å². The van der Waals surface area contributed by atoms with Crippen LogP contribution in [-0.2, 0) is 0 Å². The fraction of sp³-hybridized carbons (Fsp3) is 0.533. The van der Waals surface area contributed by atoms with Crippen molar-refractivity contribution in [2.24, 2.45) is 4.99 Å². The highest BCUT2D eigenvalue weighted by molar-refractivity contribution is 5.79. The molecule has 1 aromatic rings. The SMILES string of the molecule is CCNC(=NCCC(O)c1ccccc1)NCCC(F)(F)F. The zero-order valence-electron chi connectivity index (χ0n) is 12.5. The maximum Gasteiger partial charge on any atom is 0.390 e. The Labute approximate surface area is 128 Å². The number of aliphatic hydroxyl groups is 1. The molecular formula is C15H22F3N3O. The predicted octanol–water partition coefficient (Wildman–Crippen LogP) is 2.62. The largest absolute Gasteiger partial charge is 0.390 e. The van der Waals surface area contributed by atoms with Crippen molar-refractivity contribution in [1.82, 2.24) is 10.6 Å². The lowest BCUT2D eigenvalue weighted by molar-refractivity contribution is -0.132. The summed E-state index contributed by atoms with van der Waals surface area (Å²) in [5.74, 6) is 0.326. The lowest BCUT2D eigenvalue weighted by atomic mass is 10.1. The summed E-state index contributed by atoms with van der Waals surface area (Å²) in [5, 5.41) is 15.5. The molecule has 124 valence electrons. The Morgan fingerprint density at radius 2 is 1.91 bits per heavy atom. The van der Waals surface area contributed by atoms with E-state index in [0.717, 1.165) is 5.56 Å². The number of halogens is 3. The third-order valence-corrected chi connectivity index (χ3v) is 2.90. The zero-order chi connectivity index (χ0) is 16.4. The minimum Gasteiger partial charge on any atom is -0.388 e. The van der Waals surface area contributed by atoms with Crippen LogP contribution in [0.15, 0.2) is 35.3 Å². The van der Waals surface area contributed by atoms with Gasteiger partial charge < -0.3 is 15.7 Å². The lowest BCUT2D eigenvalue weighted by Gasteiger charge is -2.13. The van der Waals surface area contributed by atoms with Gasteiger partial charge >= 0.3 is 6.18 Å². The molecule has 0 saturated heterocycles.